The van der Waals surface area contributed by atoms with E-state index in [0.29, 0.717) is 18.7 Å². The number of halogens is 2. The number of rotatable bonds is 6. The highest BCUT2D eigenvalue weighted by molar-refractivity contribution is 5.50. The minimum Gasteiger partial charge on any atom is -0.472 e. The van der Waals surface area contributed by atoms with Crippen molar-refractivity contribution in [3.63, 3.8) is 0 Å². The first-order valence-corrected chi connectivity index (χ1v) is 6.52. The third kappa shape index (κ3) is 3.36. The summed E-state index contributed by atoms with van der Waals surface area (Å²) in [5.41, 5.74) is 1.44. The zero-order chi connectivity index (χ0) is 14.5. The first kappa shape index (κ1) is 14.5. The van der Waals surface area contributed by atoms with Crippen molar-refractivity contribution in [2.75, 3.05) is 18.5 Å². The van der Waals surface area contributed by atoms with Gasteiger partial charge in [-0.1, -0.05) is 6.92 Å². The van der Waals surface area contributed by atoms with E-state index in [1.807, 2.05) is 6.92 Å². The van der Waals surface area contributed by atoms with Crippen molar-refractivity contribution in [3.8, 4) is 0 Å². The van der Waals surface area contributed by atoms with E-state index in [1.165, 1.54) is 23.3 Å². The van der Waals surface area contributed by atoms with Crippen molar-refractivity contribution in [3.05, 3.63) is 53.5 Å². The fourth-order valence-corrected chi connectivity index (χ4v) is 2.09. The molecule has 0 fully saturated rings. The lowest BCUT2D eigenvalue weighted by Gasteiger charge is -2.20. The Labute approximate surface area is 117 Å². The van der Waals surface area contributed by atoms with E-state index >= 15 is 0 Å². The van der Waals surface area contributed by atoms with Crippen LogP contribution in [0.2, 0.25) is 0 Å². The smallest absolute Gasteiger partial charge is 0.149 e. The van der Waals surface area contributed by atoms with Crippen LogP contribution >= 0.6 is 0 Å². The predicted octanol–water partition coefficient (Wildman–Crippen LogP) is 3.30. The standard InChI is InChI=1S/C15H18F2N2O/c1-3-18-8-12-6-13(16)15(14(17)7-12)19(2)9-11-4-5-20-10-11/h4-7,10,18H,3,8-9H2,1-2H3. The van der Waals surface area contributed by atoms with E-state index in [2.05, 4.69) is 5.32 Å². The van der Waals surface area contributed by atoms with E-state index in [9.17, 15) is 8.78 Å². The number of hydrogen-bond acceptors (Lipinski definition) is 3. The van der Waals surface area contributed by atoms with Gasteiger partial charge in [0, 0.05) is 25.7 Å². The molecule has 0 unspecified atom stereocenters. The fourth-order valence-electron chi connectivity index (χ4n) is 2.09. The summed E-state index contributed by atoms with van der Waals surface area (Å²) in [7, 11) is 1.65. The van der Waals surface area contributed by atoms with Gasteiger partial charge in [-0.2, -0.15) is 0 Å². The van der Waals surface area contributed by atoms with Gasteiger partial charge in [0.15, 0.2) is 0 Å². The van der Waals surface area contributed by atoms with Crippen LogP contribution < -0.4 is 10.2 Å². The molecule has 5 heteroatoms. The lowest BCUT2D eigenvalue weighted by Crippen LogP contribution is -2.20. The Morgan fingerprint density at radius 2 is 1.90 bits per heavy atom. The molecule has 0 atom stereocenters. The number of anilines is 1. The van der Waals surface area contributed by atoms with E-state index < -0.39 is 11.6 Å². The lowest BCUT2D eigenvalue weighted by molar-refractivity contribution is 0.559. The van der Waals surface area contributed by atoms with Gasteiger partial charge >= 0.3 is 0 Å². The second-order valence-corrected chi connectivity index (χ2v) is 4.68. The normalized spacial score (nSPS) is 10.8. The summed E-state index contributed by atoms with van der Waals surface area (Å²) in [6, 6.07) is 4.51. The molecule has 1 heterocycles. The van der Waals surface area contributed by atoms with Crippen LogP contribution in [-0.2, 0) is 13.1 Å². The molecule has 0 saturated carbocycles. The summed E-state index contributed by atoms with van der Waals surface area (Å²) in [6.07, 6.45) is 3.10. The number of nitrogens with one attached hydrogen (secondary N) is 1. The quantitative estimate of drug-likeness (QED) is 0.880. The molecule has 108 valence electrons. The molecule has 1 aromatic carbocycles. The van der Waals surface area contributed by atoms with Crippen LogP contribution in [0.25, 0.3) is 0 Å². The van der Waals surface area contributed by atoms with Crippen LogP contribution in [0.3, 0.4) is 0 Å². The van der Waals surface area contributed by atoms with Gasteiger partial charge in [0.2, 0.25) is 0 Å². The van der Waals surface area contributed by atoms with Gasteiger partial charge in [0.25, 0.3) is 0 Å². The fraction of sp³-hybridized carbons (Fsp3) is 0.333. The number of hydrogen-bond donors (Lipinski definition) is 1. The third-order valence-electron chi connectivity index (χ3n) is 3.04. The van der Waals surface area contributed by atoms with Crippen LogP contribution in [0, 0.1) is 11.6 Å². The van der Waals surface area contributed by atoms with Crippen LogP contribution in [0.4, 0.5) is 14.5 Å². The van der Waals surface area contributed by atoms with Gasteiger partial charge in [0.05, 0.1) is 12.5 Å². The molecule has 2 aromatic rings. The van der Waals surface area contributed by atoms with E-state index in [-0.39, 0.29) is 5.69 Å². The molecule has 1 aromatic heterocycles. The Bertz CT molecular complexity index is 532. The molecule has 0 amide bonds. The molecule has 0 radical (unpaired) electrons. The Morgan fingerprint density at radius 3 is 2.45 bits per heavy atom. The molecule has 1 N–H and O–H groups in total. The second-order valence-electron chi connectivity index (χ2n) is 4.68. The largest absolute Gasteiger partial charge is 0.472 e. The monoisotopic (exact) mass is 280 g/mol. The third-order valence-corrected chi connectivity index (χ3v) is 3.04. The number of nitrogens with zero attached hydrogens (tertiary/aromatic N) is 1. The zero-order valence-corrected chi connectivity index (χ0v) is 11.6. The molecule has 0 aliphatic heterocycles. The minimum atomic E-state index is -0.552. The molecule has 0 aliphatic carbocycles. The first-order valence-electron chi connectivity index (χ1n) is 6.52. The molecule has 0 bridgehead atoms. The topological polar surface area (TPSA) is 28.4 Å². The molecule has 0 saturated heterocycles. The minimum absolute atomic E-state index is 0.0218. The van der Waals surface area contributed by atoms with Crippen LogP contribution in [-0.4, -0.2) is 13.6 Å². The highest BCUT2D eigenvalue weighted by atomic mass is 19.1. The Hall–Kier alpha value is -1.88. The predicted molar refractivity (Wildman–Crippen MR) is 74.6 cm³/mol. The summed E-state index contributed by atoms with van der Waals surface area (Å²) < 4.78 is 33.1. The average molecular weight is 280 g/mol. The van der Waals surface area contributed by atoms with Crippen LogP contribution in [0.5, 0.6) is 0 Å². The second kappa shape index (κ2) is 6.52. The Morgan fingerprint density at radius 1 is 1.20 bits per heavy atom. The molecular formula is C15H18F2N2O. The van der Waals surface area contributed by atoms with Crippen molar-refractivity contribution in [2.45, 2.75) is 20.0 Å². The maximum absolute atomic E-state index is 14.1. The molecule has 0 spiro atoms. The summed E-state index contributed by atoms with van der Waals surface area (Å²) in [5.74, 6) is -1.10. The Balaban J connectivity index is 2.18. The van der Waals surface area contributed by atoms with Crippen LogP contribution in [0.15, 0.2) is 35.1 Å². The maximum atomic E-state index is 14.1. The molecule has 20 heavy (non-hydrogen) atoms. The highest BCUT2D eigenvalue weighted by Gasteiger charge is 2.15. The average Bonchev–Trinajstić information content (AvgIpc) is 2.88. The van der Waals surface area contributed by atoms with E-state index in [1.54, 1.807) is 19.4 Å². The van der Waals surface area contributed by atoms with Gasteiger partial charge < -0.3 is 14.6 Å². The van der Waals surface area contributed by atoms with Gasteiger partial charge in [0.1, 0.15) is 17.3 Å². The molecule has 0 aliphatic rings. The van der Waals surface area contributed by atoms with Gasteiger partial charge in [-0.15, -0.1) is 0 Å². The summed E-state index contributed by atoms with van der Waals surface area (Å²) in [4.78, 5) is 1.53. The Kier molecular flexibility index (Phi) is 4.74. The lowest BCUT2D eigenvalue weighted by atomic mass is 10.1. The van der Waals surface area contributed by atoms with Crippen molar-refractivity contribution in [1.82, 2.24) is 5.32 Å². The highest BCUT2D eigenvalue weighted by Crippen LogP contribution is 2.25. The van der Waals surface area contributed by atoms with Crippen molar-refractivity contribution in [1.29, 1.82) is 0 Å². The molecule has 2 rings (SSSR count). The SMILES string of the molecule is CCNCc1cc(F)c(N(C)Cc2ccoc2)c(F)c1. The molecule has 3 nitrogen and oxygen atoms in total. The number of furan rings is 1. The maximum Gasteiger partial charge on any atom is 0.149 e. The number of benzene rings is 1. The summed E-state index contributed by atoms with van der Waals surface area (Å²) >= 11 is 0. The van der Waals surface area contributed by atoms with Crippen molar-refractivity contribution >= 4 is 5.69 Å². The van der Waals surface area contributed by atoms with E-state index in [0.717, 1.165) is 12.1 Å². The zero-order valence-electron chi connectivity index (χ0n) is 11.6. The van der Waals surface area contributed by atoms with Crippen molar-refractivity contribution in [2.24, 2.45) is 0 Å². The summed E-state index contributed by atoms with van der Waals surface area (Å²) in [6.45, 7) is 3.54. The van der Waals surface area contributed by atoms with Gasteiger partial charge in [-0.3, -0.25) is 0 Å². The van der Waals surface area contributed by atoms with Crippen LogP contribution in [0.1, 0.15) is 18.1 Å². The first-order chi connectivity index (χ1) is 9.61. The van der Waals surface area contributed by atoms with Gasteiger partial charge in [-0.25, -0.2) is 8.78 Å². The summed E-state index contributed by atoms with van der Waals surface area (Å²) in [5, 5.41) is 3.04. The molecular weight excluding hydrogens is 262 g/mol. The van der Waals surface area contributed by atoms with Gasteiger partial charge in [-0.05, 0) is 30.3 Å². The van der Waals surface area contributed by atoms with E-state index in [4.69, 9.17) is 4.42 Å². The van der Waals surface area contributed by atoms with Crippen molar-refractivity contribution < 1.29 is 13.2 Å².